The highest BCUT2D eigenvalue weighted by atomic mass is 16.2. The molecule has 0 fully saturated rings. The summed E-state index contributed by atoms with van der Waals surface area (Å²) in [5.74, 6) is -0.454. The number of hydrogen-bond acceptors (Lipinski definition) is 5. The third kappa shape index (κ3) is 6.10. The summed E-state index contributed by atoms with van der Waals surface area (Å²) in [5.41, 5.74) is -0.638. The van der Waals surface area contributed by atoms with Crippen molar-refractivity contribution in [3.8, 4) is 0 Å². The Morgan fingerprint density at radius 2 is 2.00 bits per heavy atom. The van der Waals surface area contributed by atoms with E-state index in [1.165, 1.54) is 18.6 Å². The zero-order valence-electron chi connectivity index (χ0n) is 14.5. The van der Waals surface area contributed by atoms with Gasteiger partial charge in [0.2, 0.25) is 5.91 Å². The second kappa shape index (κ2) is 8.20. The molecule has 0 radical (unpaired) electrons. The molecule has 126 valence electrons. The molecule has 0 saturated heterocycles. The lowest BCUT2D eigenvalue weighted by atomic mass is 9.60. The molecule has 0 aliphatic rings. The fourth-order valence-electron chi connectivity index (χ4n) is 2.26. The molecule has 1 atom stereocenters. The van der Waals surface area contributed by atoms with Gasteiger partial charge in [-0.3, -0.25) is 14.6 Å². The van der Waals surface area contributed by atoms with E-state index in [0.717, 1.165) is 0 Å². The van der Waals surface area contributed by atoms with Crippen molar-refractivity contribution < 1.29 is 14.6 Å². The highest BCUT2D eigenvalue weighted by Crippen LogP contribution is 2.23. The standard InChI is InChI=1S/C16H26BN3O3/c1-11(2)8-14(17(5)23)20-15(22)16(3,4)9-13(21)12-10-18-6-7-19-12/h6-7,10-11,14,23H,8-9H2,1-5H3,(H,20,22)/t14-/m0/s1. The van der Waals surface area contributed by atoms with Crippen molar-refractivity contribution in [1.82, 2.24) is 15.3 Å². The number of aromatic nitrogens is 2. The molecule has 0 aromatic carbocycles. The van der Waals surface area contributed by atoms with Gasteiger partial charge >= 0.3 is 6.92 Å². The van der Waals surface area contributed by atoms with Crippen LogP contribution < -0.4 is 5.32 Å². The first-order chi connectivity index (χ1) is 10.6. The van der Waals surface area contributed by atoms with E-state index in [1.54, 1.807) is 20.7 Å². The van der Waals surface area contributed by atoms with E-state index in [2.05, 4.69) is 15.3 Å². The molecule has 2 N–H and O–H groups in total. The van der Waals surface area contributed by atoms with Crippen LogP contribution in [0.4, 0.5) is 0 Å². The van der Waals surface area contributed by atoms with Gasteiger partial charge in [0, 0.05) is 24.8 Å². The summed E-state index contributed by atoms with van der Waals surface area (Å²) < 4.78 is 0. The lowest BCUT2D eigenvalue weighted by Gasteiger charge is -2.28. The fraction of sp³-hybridized carbons (Fsp3) is 0.625. The third-order valence-electron chi connectivity index (χ3n) is 3.69. The molecule has 23 heavy (non-hydrogen) atoms. The van der Waals surface area contributed by atoms with Gasteiger partial charge in [0.25, 0.3) is 0 Å². The topological polar surface area (TPSA) is 92.2 Å². The first kappa shape index (κ1) is 19.3. The summed E-state index contributed by atoms with van der Waals surface area (Å²) in [5, 5.41) is 12.7. The molecule has 0 saturated carbocycles. The molecule has 7 heteroatoms. The number of carbonyl (C=O) groups excluding carboxylic acids is 2. The summed E-state index contributed by atoms with van der Waals surface area (Å²) in [6.07, 6.45) is 5.05. The minimum absolute atomic E-state index is 0.0335. The van der Waals surface area contributed by atoms with Crippen molar-refractivity contribution in [3.63, 3.8) is 0 Å². The largest absolute Gasteiger partial charge is 0.449 e. The average molecular weight is 319 g/mol. The molecule has 1 aromatic rings. The van der Waals surface area contributed by atoms with Crippen LogP contribution in [-0.4, -0.2) is 39.5 Å². The normalized spacial score (nSPS) is 12.8. The minimum atomic E-state index is -0.890. The van der Waals surface area contributed by atoms with Gasteiger partial charge in [-0.25, -0.2) is 4.98 Å². The monoisotopic (exact) mass is 319 g/mol. The lowest BCUT2D eigenvalue weighted by Crippen LogP contribution is -2.50. The molecule has 0 aliphatic carbocycles. The summed E-state index contributed by atoms with van der Waals surface area (Å²) in [6, 6.07) is 0. The Hall–Kier alpha value is -1.76. The van der Waals surface area contributed by atoms with E-state index in [1.807, 2.05) is 13.8 Å². The van der Waals surface area contributed by atoms with Crippen molar-refractivity contribution in [2.45, 2.75) is 53.3 Å². The lowest BCUT2D eigenvalue weighted by molar-refractivity contribution is -0.129. The van der Waals surface area contributed by atoms with Crippen LogP contribution in [0, 0.1) is 11.3 Å². The van der Waals surface area contributed by atoms with Crippen LogP contribution in [0.15, 0.2) is 18.6 Å². The number of amides is 1. The van der Waals surface area contributed by atoms with Crippen molar-refractivity contribution in [3.05, 3.63) is 24.3 Å². The van der Waals surface area contributed by atoms with Gasteiger partial charge < -0.3 is 10.3 Å². The van der Waals surface area contributed by atoms with Crippen LogP contribution in [0.5, 0.6) is 0 Å². The van der Waals surface area contributed by atoms with Gasteiger partial charge in [-0.15, -0.1) is 0 Å². The maximum Gasteiger partial charge on any atom is 0.308 e. The van der Waals surface area contributed by atoms with Gasteiger partial charge in [0.1, 0.15) is 5.69 Å². The highest BCUT2D eigenvalue weighted by molar-refractivity contribution is 6.51. The first-order valence-electron chi connectivity index (χ1n) is 7.91. The Kier molecular flexibility index (Phi) is 6.88. The molecular formula is C16H26BN3O3. The molecule has 1 aromatic heterocycles. The van der Waals surface area contributed by atoms with Crippen molar-refractivity contribution in [1.29, 1.82) is 0 Å². The summed E-state index contributed by atoms with van der Waals surface area (Å²) in [6.45, 7) is 8.50. The second-order valence-corrected chi connectivity index (χ2v) is 7.02. The Balaban J connectivity index is 2.74. The van der Waals surface area contributed by atoms with E-state index < -0.39 is 12.3 Å². The van der Waals surface area contributed by atoms with E-state index in [-0.39, 0.29) is 29.7 Å². The van der Waals surface area contributed by atoms with E-state index in [0.29, 0.717) is 12.3 Å². The predicted molar refractivity (Wildman–Crippen MR) is 90.0 cm³/mol. The van der Waals surface area contributed by atoms with Crippen molar-refractivity contribution in [2.75, 3.05) is 0 Å². The van der Waals surface area contributed by atoms with E-state index in [9.17, 15) is 14.6 Å². The zero-order valence-corrected chi connectivity index (χ0v) is 14.5. The Labute approximate surface area is 138 Å². The fourth-order valence-corrected chi connectivity index (χ4v) is 2.26. The van der Waals surface area contributed by atoms with Gasteiger partial charge in [-0.1, -0.05) is 34.5 Å². The smallest absolute Gasteiger partial charge is 0.308 e. The van der Waals surface area contributed by atoms with Gasteiger partial charge in [-0.05, 0) is 12.3 Å². The maximum absolute atomic E-state index is 12.5. The molecule has 1 rings (SSSR count). The van der Waals surface area contributed by atoms with Crippen molar-refractivity contribution >= 4 is 18.6 Å². The number of rotatable bonds is 8. The van der Waals surface area contributed by atoms with Crippen LogP contribution in [0.25, 0.3) is 0 Å². The molecule has 0 spiro atoms. The SMILES string of the molecule is CB(O)[C@H](CC(C)C)NC(=O)C(C)(C)CC(=O)c1cnccn1. The summed E-state index contributed by atoms with van der Waals surface area (Å²) in [7, 11) is 0. The van der Waals surface area contributed by atoms with Crippen LogP contribution in [0.3, 0.4) is 0 Å². The number of nitrogens with one attached hydrogen (secondary N) is 1. The second-order valence-electron chi connectivity index (χ2n) is 7.02. The van der Waals surface area contributed by atoms with E-state index >= 15 is 0 Å². The Bertz CT molecular complexity index is 533. The number of Topliss-reactive ketones (excluding diaryl/α,β-unsaturated/α-hetero) is 1. The average Bonchev–Trinajstić information content (AvgIpc) is 2.46. The Morgan fingerprint density at radius 1 is 1.35 bits per heavy atom. The quantitative estimate of drug-likeness (QED) is 0.563. The van der Waals surface area contributed by atoms with Gasteiger partial charge in [-0.2, -0.15) is 0 Å². The van der Waals surface area contributed by atoms with Gasteiger partial charge in [0.05, 0.1) is 11.6 Å². The predicted octanol–water partition coefficient (Wildman–Crippen LogP) is 1.76. The number of carbonyl (C=O) groups is 2. The van der Waals surface area contributed by atoms with Gasteiger partial charge in [0.15, 0.2) is 5.78 Å². The molecule has 1 amide bonds. The molecular weight excluding hydrogens is 293 g/mol. The number of hydrogen-bond donors (Lipinski definition) is 2. The Morgan fingerprint density at radius 3 is 2.48 bits per heavy atom. The minimum Gasteiger partial charge on any atom is -0.449 e. The van der Waals surface area contributed by atoms with E-state index in [4.69, 9.17) is 0 Å². The van der Waals surface area contributed by atoms with Crippen LogP contribution >= 0.6 is 0 Å². The van der Waals surface area contributed by atoms with Crippen LogP contribution in [-0.2, 0) is 4.79 Å². The van der Waals surface area contributed by atoms with Crippen LogP contribution in [0.1, 0.15) is 51.0 Å². The molecule has 1 heterocycles. The molecule has 0 unspecified atom stereocenters. The maximum atomic E-state index is 12.5. The molecule has 0 bridgehead atoms. The zero-order chi connectivity index (χ0) is 17.6. The van der Waals surface area contributed by atoms with Crippen molar-refractivity contribution in [2.24, 2.45) is 11.3 Å². The summed E-state index contributed by atoms with van der Waals surface area (Å²) >= 11 is 0. The van der Waals surface area contributed by atoms with Crippen LogP contribution in [0.2, 0.25) is 6.82 Å². The first-order valence-corrected chi connectivity index (χ1v) is 7.91. The number of nitrogens with zero attached hydrogens (tertiary/aromatic N) is 2. The molecule has 6 nitrogen and oxygen atoms in total. The highest BCUT2D eigenvalue weighted by Gasteiger charge is 2.34. The summed E-state index contributed by atoms with van der Waals surface area (Å²) in [4.78, 5) is 32.6. The molecule has 0 aliphatic heterocycles. The third-order valence-corrected chi connectivity index (χ3v) is 3.69. The number of ketones is 1.